The lowest BCUT2D eigenvalue weighted by Crippen LogP contribution is -2.33. The predicted molar refractivity (Wildman–Crippen MR) is 113 cm³/mol. The van der Waals surface area contributed by atoms with Crippen molar-refractivity contribution in [2.45, 2.75) is 32.1 Å². The van der Waals surface area contributed by atoms with Crippen molar-refractivity contribution in [3.05, 3.63) is 51.7 Å². The van der Waals surface area contributed by atoms with Crippen LogP contribution in [0.3, 0.4) is 0 Å². The number of rotatable bonds is 7. The lowest BCUT2D eigenvalue weighted by Gasteiger charge is -2.22. The summed E-state index contributed by atoms with van der Waals surface area (Å²) in [4.78, 5) is 16.6. The van der Waals surface area contributed by atoms with Gasteiger partial charge in [-0.3, -0.25) is 4.79 Å². The third-order valence-electron chi connectivity index (χ3n) is 4.48. The summed E-state index contributed by atoms with van der Waals surface area (Å²) < 4.78 is 12.9. The molecule has 1 atom stereocenters. The highest BCUT2D eigenvalue weighted by atomic mass is 35.5. The van der Waals surface area contributed by atoms with Crippen molar-refractivity contribution < 1.29 is 9.18 Å². The van der Waals surface area contributed by atoms with Gasteiger partial charge in [0.15, 0.2) is 0 Å². The number of amides is 1. The van der Waals surface area contributed by atoms with Crippen LogP contribution in [0.4, 0.5) is 4.39 Å². The highest BCUT2D eigenvalue weighted by molar-refractivity contribution is 7.09. The number of halogens is 3. The fourth-order valence-corrected chi connectivity index (χ4v) is 3.93. The Hall–Kier alpha value is -1.21. The van der Waals surface area contributed by atoms with Gasteiger partial charge in [0.25, 0.3) is 0 Å². The van der Waals surface area contributed by atoms with Gasteiger partial charge in [0, 0.05) is 18.3 Å². The molecule has 27 heavy (non-hydrogen) atoms. The van der Waals surface area contributed by atoms with E-state index in [0.717, 1.165) is 42.3 Å². The predicted octanol–water partition coefficient (Wildman–Crippen LogP) is 3.77. The second kappa shape index (κ2) is 12.3. The standard InChI is InChI=1S/C19H24FN3OS.2ClH/c20-16-5-3-14(4-6-16)10-19-23-17(13-25-19)11-18(24)22-9-7-15-2-1-8-21-12-15;;/h3-6,13,15,21H,1-2,7-12H2,(H,22,24);2*1H. The van der Waals surface area contributed by atoms with Gasteiger partial charge in [-0.05, 0) is 56.0 Å². The first kappa shape index (κ1) is 23.8. The number of hydrogen-bond donors (Lipinski definition) is 2. The molecule has 1 amide bonds. The van der Waals surface area contributed by atoms with E-state index in [1.807, 2.05) is 5.38 Å². The van der Waals surface area contributed by atoms with Crippen LogP contribution in [0.1, 0.15) is 35.5 Å². The van der Waals surface area contributed by atoms with E-state index >= 15 is 0 Å². The summed E-state index contributed by atoms with van der Waals surface area (Å²) in [5.41, 5.74) is 1.83. The molecule has 150 valence electrons. The highest BCUT2D eigenvalue weighted by Gasteiger charge is 2.13. The van der Waals surface area contributed by atoms with Gasteiger partial charge < -0.3 is 10.6 Å². The maximum atomic E-state index is 12.9. The van der Waals surface area contributed by atoms with E-state index in [4.69, 9.17) is 0 Å². The van der Waals surface area contributed by atoms with Crippen molar-refractivity contribution in [1.29, 1.82) is 0 Å². The number of thiazole rings is 1. The summed E-state index contributed by atoms with van der Waals surface area (Å²) in [5.74, 6) is 0.474. The summed E-state index contributed by atoms with van der Waals surface area (Å²) in [6.07, 6.45) is 4.51. The van der Waals surface area contributed by atoms with Crippen LogP contribution in [-0.2, 0) is 17.6 Å². The third kappa shape index (κ3) is 8.13. The zero-order valence-corrected chi connectivity index (χ0v) is 17.5. The van der Waals surface area contributed by atoms with E-state index < -0.39 is 0 Å². The second-order valence-corrected chi connectivity index (χ2v) is 7.51. The molecule has 1 aliphatic rings. The number of nitrogens with zero attached hydrogens (tertiary/aromatic N) is 1. The van der Waals surface area contributed by atoms with Crippen molar-refractivity contribution in [2.75, 3.05) is 19.6 Å². The number of benzene rings is 1. The van der Waals surface area contributed by atoms with Gasteiger partial charge in [-0.2, -0.15) is 0 Å². The second-order valence-electron chi connectivity index (χ2n) is 6.56. The molecule has 1 aromatic heterocycles. The van der Waals surface area contributed by atoms with Crippen molar-refractivity contribution in [3.63, 3.8) is 0 Å². The minimum atomic E-state index is -0.232. The van der Waals surface area contributed by atoms with Gasteiger partial charge >= 0.3 is 0 Å². The fraction of sp³-hybridized carbons (Fsp3) is 0.474. The molecule has 0 spiro atoms. The van der Waals surface area contributed by atoms with E-state index in [1.54, 1.807) is 23.5 Å². The Morgan fingerprint density at radius 2 is 2.07 bits per heavy atom. The summed E-state index contributed by atoms with van der Waals surface area (Å²) in [6, 6.07) is 6.45. The Balaban J connectivity index is 0.00000182. The molecule has 0 bridgehead atoms. The first-order chi connectivity index (χ1) is 12.2. The molecule has 0 saturated carbocycles. The molecule has 2 aromatic rings. The van der Waals surface area contributed by atoms with Crippen molar-refractivity contribution >= 4 is 42.1 Å². The van der Waals surface area contributed by atoms with Crippen LogP contribution in [0.5, 0.6) is 0 Å². The molecule has 1 aromatic carbocycles. The summed E-state index contributed by atoms with van der Waals surface area (Å²) >= 11 is 1.54. The van der Waals surface area contributed by atoms with Crippen LogP contribution in [0.25, 0.3) is 0 Å². The first-order valence-electron chi connectivity index (χ1n) is 8.84. The Bertz CT molecular complexity index is 691. The van der Waals surface area contributed by atoms with E-state index in [1.165, 1.54) is 25.0 Å². The van der Waals surface area contributed by atoms with Gasteiger partial charge in [-0.25, -0.2) is 9.37 Å². The van der Waals surface area contributed by atoms with Crippen LogP contribution in [-0.4, -0.2) is 30.5 Å². The third-order valence-corrected chi connectivity index (χ3v) is 5.38. The van der Waals surface area contributed by atoms with E-state index in [0.29, 0.717) is 18.8 Å². The first-order valence-corrected chi connectivity index (χ1v) is 9.72. The molecule has 0 radical (unpaired) electrons. The molecular formula is C19H26Cl2FN3OS. The largest absolute Gasteiger partial charge is 0.356 e. The molecule has 4 nitrogen and oxygen atoms in total. The topological polar surface area (TPSA) is 54.0 Å². The number of nitrogens with one attached hydrogen (secondary N) is 2. The molecule has 1 saturated heterocycles. The molecule has 0 aliphatic carbocycles. The number of piperidine rings is 1. The molecule has 1 aliphatic heterocycles. The lowest BCUT2D eigenvalue weighted by atomic mass is 9.96. The van der Waals surface area contributed by atoms with Crippen LogP contribution in [0.15, 0.2) is 29.6 Å². The number of carbonyl (C=O) groups excluding carboxylic acids is 1. The molecule has 3 rings (SSSR count). The van der Waals surface area contributed by atoms with Crippen LogP contribution in [0.2, 0.25) is 0 Å². The molecule has 1 unspecified atom stereocenters. The zero-order chi connectivity index (χ0) is 17.5. The summed E-state index contributed by atoms with van der Waals surface area (Å²) in [7, 11) is 0. The number of hydrogen-bond acceptors (Lipinski definition) is 4. The van der Waals surface area contributed by atoms with Crippen molar-refractivity contribution in [2.24, 2.45) is 5.92 Å². The Morgan fingerprint density at radius 1 is 1.30 bits per heavy atom. The SMILES string of the molecule is Cl.Cl.O=C(Cc1csc(Cc2ccc(F)cc2)n1)NCCC1CCCNC1. The molecule has 2 heterocycles. The maximum Gasteiger partial charge on any atom is 0.226 e. The highest BCUT2D eigenvalue weighted by Crippen LogP contribution is 2.16. The van der Waals surface area contributed by atoms with E-state index in [-0.39, 0.29) is 36.5 Å². The van der Waals surface area contributed by atoms with E-state index in [9.17, 15) is 9.18 Å². The molecular weight excluding hydrogens is 408 g/mol. The molecule has 2 N–H and O–H groups in total. The molecule has 1 fully saturated rings. The van der Waals surface area contributed by atoms with Gasteiger partial charge in [-0.15, -0.1) is 36.2 Å². The minimum absolute atomic E-state index is 0. The maximum absolute atomic E-state index is 12.9. The average Bonchev–Trinajstić information content (AvgIpc) is 3.05. The van der Waals surface area contributed by atoms with Crippen molar-refractivity contribution in [3.8, 4) is 0 Å². The van der Waals surface area contributed by atoms with Crippen molar-refractivity contribution in [1.82, 2.24) is 15.6 Å². The summed E-state index contributed by atoms with van der Waals surface area (Å²) in [6.45, 7) is 2.92. The smallest absolute Gasteiger partial charge is 0.226 e. The van der Waals surface area contributed by atoms with E-state index in [2.05, 4.69) is 15.6 Å². The van der Waals surface area contributed by atoms with Gasteiger partial charge in [0.1, 0.15) is 5.82 Å². The Labute approximate surface area is 176 Å². The lowest BCUT2D eigenvalue weighted by molar-refractivity contribution is -0.120. The normalized spacial score (nSPS) is 16.1. The monoisotopic (exact) mass is 433 g/mol. The van der Waals surface area contributed by atoms with Gasteiger partial charge in [0.05, 0.1) is 17.1 Å². The van der Waals surface area contributed by atoms with Gasteiger partial charge in [-0.1, -0.05) is 12.1 Å². The van der Waals surface area contributed by atoms with Crippen LogP contribution >= 0.6 is 36.2 Å². The van der Waals surface area contributed by atoms with Gasteiger partial charge in [0.2, 0.25) is 5.91 Å². The fourth-order valence-electron chi connectivity index (χ4n) is 3.10. The van der Waals surface area contributed by atoms with Crippen LogP contribution in [0, 0.1) is 11.7 Å². The quantitative estimate of drug-likeness (QED) is 0.698. The zero-order valence-electron chi connectivity index (χ0n) is 15.1. The Morgan fingerprint density at radius 3 is 2.78 bits per heavy atom. The van der Waals surface area contributed by atoms with Crippen LogP contribution < -0.4 is 10.6 Å². The Kier molecular flexibility index (Phi) is 10.8. The number of carbonyl (C=O) groups is 1. The average molecular weight is 434 g/mol. The molecule has 8 heteroatoms. The number of aromatic nitrogens is 1. The summed E-state index contributed by atoms with van der Waals surface area (Å²) in [5, 5.41) is 9.28. The minimum Gasteiger partial charge on any atom is -0.356 e.